The van der Waals surface area contributed by atoms with Crippen LogP contribution in [-0.4, -0.2) is 42.5 Å². The van der Waals surface area contributed by atoms with E-state index in [9.17, 15) is 0 Å². The molecule has 1 aliphatic rings. The predicted molar refractivity (Wildman–Crippen MR) is 62.3 cm³/mol. The van der Waals surface area contributed by atoms with Crippen LogP contribution in [0.4, 0.5) is 0 Å². The van der Waals surface area contributed by atoms with Crippen molar-refractivity contribution in [2.45, 2.75) is 39.2 Å². The SMILES string of the molecule is C=C(CCCC)N1CCN(C)CC1C. The van der Waals surface area contributed by atoms with Gasteiger partial charge in [0.15, 0.2) is 0 Å². The Hall–Kier alpha value is -0.500. The lowest BCUT2D eigenvalue weighted by molar-refractivity contribution is 0.128. The molecule has 14 heavy (non-hydrogen) atoms. The van der Waals surface area contributed by atoms with Gasteiger partial charge in [0.05, 0.1) is 0 Å². The van der Waals surface area contributed by atoms with Crippen LogP contribution in [0.25, 0.3) is 0 Å². The molecular formula is C12H24N2. The van der Waals surface area contributed by atoms with E-state index in [0.717, 1.165) is 6.54 Å². The predicted octanol–water partition coefficient (Wildman–Crippen LogP) is 2.33. The van der Waals surface area contributed by atoms with E-state index in [-0.39, 0.29) is 0 Å². The zero-order valence-corrected chi connectivity index (χ0v) is 9.92. The van der Waals surface area contributed by atoms with Crippen molar-refractivity contribution in [1.29, 1.82) is 0 Å². The lowest BCUT2D eigenvalue weighted by atomic mass is 10.1. The summed E-state index contributed by atoms with van der Waals surface area (Å²) in [7, 11) is 2.20. The van der Waals surface area contributed by atoms with Crippen molar-refractivity contribution >= 4 is 0 Å². The average Bonchev–Trinajstić information content (AvgIpc) is 2.14. The second-order valence-electron chi connectivity index (χ2n) is 4.47. The molecule has 0 aromatic rings. The molecule has 1 atom stereocenters. The normalized spacial score (nSPS) is 23.9. The van der Waals surface area contributed by atoms with Crippen molar-refractivity contribution in [1.82, 2.24) is 9.80 Å². The van der Waals surface area contributed by atoms with Gasteiger partial charge in [-0.3, -0.25) is 0 Å². The summed E-state index contributed by atoms with van der Waals surface area (Å²) in [4.78, 5) is 4.88. The molecule has 0 aliphatic carbocycles. The third-order valence-electron chi connectivity index (χ3n) is 3.06. The smallest absolute Gasteiger partial charge is 0.0386 e. The van der Waals surface area contributed by atoms with Gasteiger partial charge in [-0.05, 0) is 26.8 Å². The zero-order chi connectivity index (χ0) is 10.6. The van der Waals surface area contributed by atoms with Crippen LogP contribution in [0, 0.1) is 0 Å². The van der Waals surface area contributed by atoms with Crippen LogP contribution >= 0.6 is 0 Å². The van der Waals surface area contributed by atoms with E-state index < -0.39 is 0 Å². The Morgan fingerprint density at radius 3 is 2.71 bits per heavy atom. The van der Waals surface area contributed by atoms with Gasteiger partial charge < -0.3 is 9.80 Å². The highest BCUT2D eigenvalue weighted by Crippen LogP contribution is 2.17. The molecule has 2 nitrogen and oxygen atoms in total. The molecule has 0 spiro atoms. The molecule has 1 rings (SSSR count). The molecule has 1 fully saturated rings. The number of allylic oxidation sites excluding steroid dienone is 1. The summed E-state index contributed by atoms with van der Waals surface area (Å²) in [5.41, 5.74) is 1.34. The highest BCUT2D eigenvalue weighted by atomic mass is 15.3. The van der Waals surface area contributed by atoms with Crippen molar-refractivity contribution in [3.05, 3.63) is 12.3 Å². The van der Waals surface area contributed by atoms with Crippen LogP contribution in [-0.2, 0) is 0 Å². The molecule has 0 aromatic heterocycles. The Labute approximate surface area is 88.6 Å². The fourth-order valence-corrected chi connectivity index (χ4v) is 2.13. The molecule has 0 N–H and O–H groups in total. The Bertz CT molecular complexity index is 189. The third kappa shape index (κ3) is 3.02. The quantitative estimate of drug-likeness (QED) is 0.681. The molecule has 0 saturated carbocycles. The maximum absolute atomic E-state index is 4.20. The zero-order valence-electron chi connectivity index (χ0n) is 9.92. The molecule has 1 saturated heterocycles. The minimum absolute atomic E-state index is 0.637. The monoisotopic (exact) mass is 196 g/mol. The summed E-state index contributed by atoms with van der Waals surface area (Å²) >= 11 is 0. The minimum atomic E-state index is 0.637. The van der Waals surface area contributed by atoms with Gasteiger partial charge in [-0.25, -0.2) is 0 Å². The molecule has 1 unspecified atom stereocenters. The van der Waals surface area contributed by atoms with Gasteiger partial charge in [0, 0.05) is 31.4 Å². The van der Waals surface area contributed by atoms with E-state index in [0.29, 0.717) is 6.04 Å². The van der Waals surface area contributed by atoms with E-state index in [1.165, 1.54) is 38.0 Å². The second-order valence-corrected chi connectivity index (χ2v) is 4.47. The van der Waals surface area contributed by atoms with Gasteiger partial charge in [-0.2, -0.15) is 0 Å². The third-order valence-corrected chi connectivity index (χ3v) is 3.06. The van der Waals surface area contributed by atoms with E-state index in [1.807, 2.05) is 0 Å². The highest BCUT2D eigenvalue weighted by molar-refractivity contribution is 4.98. The molecule has 1 heterocycles. The number of rotatable bonds is 4. The topological polar surface area (TPSA) is 6.48 Å². The lowest BCUT2D eigenvalue weighted by Gasteiger charge is -2.40. The first-order valence-corrected chi connectivity index (χ1v) is 5.78. The summed E-state index contributed by atoms with van der Waals surface area (Å²) in [6, 6.07) is 0.637. The van der Waals surface area contributed by atoms with Gasteiger partial charge in [-0.1, -0.05) is 19.9 Å². The van der Waals surface area contributed by atoms with Crippen LogP contribution in [0.5, 0.6) is 0 Å². The fraction of sp³-hybridized carbons (Fsp3) is 0.833. The summed E-state index contributed by atoms with van der Waals surface area (Å²) in [5, 5.41) is 0. The van der Waals surface area contributed by atoms with Crippen molar-refractivity contribution in [2.75, 3.05) is 26.7 Å². The van der Waals surface area contributed by atoms with Crippen LogP contribution in [0.3, 0.4) is 0 Å². The van der Waals surface area contributed by atoms with Crippen molar-refractivity contribution < 1.29 is 0 Å². The van der Waals surface area contributed by atoms with E-state index in [2.05, 4.69) is 37.3 Å². The first-order chi connectivity index (χ1) is 6.65. The Morgan fingerprint density at radius 2 is 2.14 bits per heavy atom. The molecule has 82 valence electrons. The number of nitrogens with zero attached hydrogens (tertiary/aromatic N) is 2. The summed E-state index contributed by atoms with van der Waals surface area (Å²) < 4.78 is 0. The Balaban J connectivity index is 2.39. The summed E-state index contributed by atoms with van der Waals surface area (Å²) in [6.07, 6.45) is 3.71. The molecule has 0 aromatic carbocycles. The van der Waals surface area contributed by atoms with Crippen LogP contribution in [0.15, 0.2) is 12.3 Å². The van der Waals surface area contributed by atoms with E-state index >= 15 is 0 Å². The standard InChI is InChI=1S/C12H24N2/c1-5-6-7-11(2)14-9-8-13(4)10-12(14)3/h12H,2,5-10H2,1,3-4H3. The number of hydrogen-bond donors (Lipinski definition) is 0. The molecule has 0 amide bonds. The van der Waals surface area contributed by atoms with Crippen molar-refractivity contribution in [2.24, 2.45) is 0 Å². The molecule has 2 heteroatoms. The molecule has 0 radical (unpaired) electrons. The largest absolute Gasteiger partial charge is 0.370 e. The van der Waals surface area contributed by atoms with E-state index in [1.54, 1.807) is 0 Å². The lowest BCUT2D eigenvalue weighted by Crippen LogP contribution is -2.49. The number of hydrogen-bond acceptors (Lipinski definition) is 2. The highest BCUT2D eigenvalue weighted by Gasteiger charge is 2.21. The molecule has 0 bridgehead atoms. The maximum Gasteiger partial charge on any atom is 0.0386 e. The van der Waals surface area contributed by atoms with Crippen LogP contribution in [0.1, 0.15) is 33.1 Å². The second kappa shape index (κ2) is 5.40. The van der Waals surface area contributed by atoms with Gasteiger partial charge in [0.25, 0.3) is 0 Å². The van der Waals surface area contributed by atoms with Gasteiger partial charge in [0.1, 0.15) is 0 Å². The first kappa shape index (κ1) is 11.6. The van der Waals surface area contributed by atoms with Crippen molar-refractivity contribution in [3.8, 4) is 0 Å². The molecular weight excluding hydrogens is 172 g/mol. The number of piperazine rings is 1. The fourth-order valence-electron chi connectivity index (χ4n) is 2.13. The van der Waals surface area contributed by atoms with Crippen LogP contribution < -0.4 is 0 Å². The molecule has 1 aliphatic heterocycles. The summed E-state index contributed by atoms with van der Waals surface area (Å²) in [6.45, 7) is 12.2. The number of likely N-dealkylation sites (N-methyl/N-ethyl adjacent to an activating group) is 1. The minimum Gasteiger partial charge on any atom is -0.370 e. The maximum atomic E-state index is 4.20. The van der Waals surface area contributed by atoms with Gasteiger partial charge in [0.2, 0.25) is 0 Å². The Kier molecular flexibility index (Phi) is 4.46. The van der Waals surface area contributed by atoms with E-state index in [4.69, 9.17) is 0 Å². The average molecular weight is 196 g/mol. The van der Waals surface area contributed by atoms with Gasteiger partial charge in [-0.15, -0.1) is 0 Å². The van der Waals surface area contributed by atoms with Gasteiger partial charge >= 0.3 is 0 Å². The summed E-state index contributed by atoms with van der Waals surface area (Å²) in [5.74, 6) is 0. The van der Waals surface area contributed by atoms with Crippen LogP contribution in [0.2, 0.25) is 0 Å². The Morgan fingerprint density at radius 1 is 1.43 bits per heavy atom. The number of unbranched alkanes of at least 4 members (excludes halogenated alkanes) is 1. The van der Waals surface area contributed by atoms with Crippen molar-refractivity contribution in [3.63, 3.8) is 0 Å². The first-order valence-electron chi connectivity index (χ1n) is 5.78.